The van der Waals surface area contributed by atoms with Crippen LogP contribution in [0.25, 0.3) is 0 Å². The zero-order valence-electron chi connectivity index (χ0n) is 11.9. The summed E-state index contributed by atoms with van der Waals surface area (Å²) in [6.45, 7) is 4.45. The van der Waals surface area contributed by atoms with Gasteiger partial charge in [0.15, 0.2) is 9.84 Å². The van der Waals surface area contributed by atoms with Gasteiger partial charge in [-0.2, -0.15) is 0 Å². The minimum Gasteiger partial charge on any atom is -0.393 e. The molecule has 1 saturated heterocycles. The lowest BCUT2D eigenvalue weighted by Crippen LogP contribution is -2.42. The first-order valence-electron chi connectivity index (χ1n) is 7.11. The third-order valence-corrected chi connectivity index (χ3v) is 6.36. The van der Waals surface area contributed by atoms with Crippen molar-refractivity contribution in [1.29, 1.82) is 0 Å². The van der Waals surface area contributed by atoms with E-state index in [9.17, 15) is 13.2 Å². The Morgan fingerprint density at radius 3 is 2.50 bits per heavy atom. The highest BCUT2D eigenvalue weighted by Crippen LogP contribution is 2.43. The molecular formula is C13H21N3O3S. The van der Waals surface area contributed by atoms with Crippen LogP contribution in [0.15, 0.2) is 4.79 Å². The maximum atomic E-state index is 12.5. The first-order valence-corrected chi connectivity index (χ1v) is 8.93. The zero-order valence-corrected chi connectivity index (χ0v) is 12.7. The number of hydrogen-bond acceptors (Lipinski definition) is 4. The molecule has 0 bridgehead atoms. The van der Waals surface area contributed by atoms with Crippen molar-refractivity contribution < 1.29 is 8.42 Å². The molecule has 1 aromatic rings. The molecule has 1 saturated carbocycles. The molecule has 112 valence electrons. The third-order valence-electron chi connectivity index (χ3n) is 4.48. The van der Waals surface area contributed by atoms with E-state index in [1.54, 1.807) is 4.68 Å². The van der Waals surface area contributed by atoms with E-state index in [1.807, 2.05) is 18.5 Å². The lowest BCUT2D eigenvalue weighted by Gasteiger charge is -2.27. The third kappa shape index (κ3) is 1.90. The quantitative estimate of drug-likeness (QED) is 0.888. The topological polar surface area (TPSA) is 87.1 Å². The molecule has 6 nitrogen and oxygen atoms in total. The van der Waals surface area contributed by atoms with Crippen LogP contribution in [-0.4, -0.2) is 29.3 Å². The molecule has 20 heavy (non-hydrogen) atoms. The molecule has 2 heterocycles. The Balaban J connectivity index is 2.19. The summed E-state index contributed by atoms with van der Waals surface area (Å²) in [6, 6.07) is 0. The van der Waals surface area contributed by atoms with Crippen LogP contribution >= 0.6 is 0 Å². The highest BCUT2D eigenvalue weighted by atomic mass is 32.2. The normalized spacial score (nSPS) is 28.9. The van der Waals surface area contributed by atoms with E-state index in [0.29, 0.717) is 24.6 Å². The predicted molar refractivity (Wildman–Crippen MR) is 77.7 cm³/mol. The van der Waals surface area contributed by atoms with Crippen LogP contribution in [-0.2, 0) is 21.9 Å². The molecule has 1 aliphatic heterocycles. The monoisotopic (exact) mass is 299 g/mol. The van der Waals surface area contributed by atoms with Gasteiger partial charge in [-0.15, -0.1) is 0 Å². The van der Waals surface area contributed by atoms with Crippen molar-refractivity contribution >= 4 is 15.5 Å². The van der Waals surface area contributed by atoms with Crippen molar-refractivity contribution in [3.63, 3.8) is 0 Å². The average Bonchev–Trinajstić information content (AvgIpc) is 3.10. The summed E-state index contributed by atoms with van der Waals surface area (Å²) in [4.78, 5) is 12.5. The van der Waals surface area contributed by atoms with Crippen molar-refractivity contribution in [1.82, 2.24) is 9.36 Å². The van der Waals surface area contributed by atoms with Gasteiger partial charge in [0.2, 0.25) is 0 Å². The molecule has 1 aromatic heterocycles. The fourth-order valence-corrected chi connectivity index (χ4v) is 5.49. The Labute approximate surface area is 118 Å². The van der Waals surface area contributed by atoms with Gasteiger partial charge in [-0.3, -0.25) is 9.48 Å². The van der Waals surface area contributed by atoms with Gasteiger partial charge in [0.05, 0.1) is 22.7 Å². The Bertz CT molecular complexity index is 712. The van der Waals surface area contributed by atoms with E-state index in [0.717, 1.165) is 18.5 Å². The molecule has 3 rings (SSSR count). The standard InChI is InChI=1S/C13H21N3O3S/c1-3-15-11(9-4-5-9)10(14)12(17)16(15)13(2)6-7-20(18,19)8-13/h9H,3-8,14H2,1-2H3. The number of rotatable bonds is 3. The molecule has 1 unspecified atom stereocenters. The van der Waals surface area contributed by atoms with E-state index < -0.39 is 15.4 Å². The first kappa shape index (κ1) is 13.7. The second-order valence-corrected chi connectivity index (χ2v) is 8.43. The fraction of sp³-hybridized carbons (Fsp3) is 0.769. The number of aromatic nitrogens is 2. The molecule has 0 radical (unpaired) electrons. The van der Waals surface area contributed by atoms with Crippen LogP contribution in [0.1, 0.15) is 44.7 Å². The van der Waals surface area contributed by atoms with Gasteiger partial charge in [-0.05, 0) is 33.1 Å². The summed E-state index contributed by atoms with van der Waals surface area (Å²) in [5.41, 5.74) is 6.32. The number of nitrogen functional groups attached to an aromatic ring is 1. The lowest BCUT2D eigenvalue weighted by molar-refractivity contribution is 0.265. The van der Waals surface area contributed by atoms with E-state index in [2.05, 4.69) is 0 Å². The first-order chi connectivity index (χ1) is 9.29. The van der Waals surface area contributed by atoms with Gasteiger partial charge in [-0.1, -0.05) is 0 Å². The van der Waals surface area contributed by atoms with Crippen molar-refractivity contribution in [3.05, 3.63) is 16.0 Å². The number of anilines is 1. The van der Waals surface area contributed by atoms with Gasteiger partial charge < -0.3 is 5.73 Å². The summed E-state index contributed by atoms with van der Waals surface area (Å²) in [7, 11) is -3.07. The fourth-order valence-electron chi connectivity index (χ4n) is 3.38. The van der Waals surface area contributed by atoms with Crippen LogP contribution in [0.5, 0.6) is 0 Å². The summed E-state index contributed by atoms with van der Waals surface area (Å²) < 4.78 is 27.1. The van der Waals surface area contributed by atoms with Gasteiger partial charge in [0.25, 0.3) is 5.56 Å². The molecule has 2 fully saturated rings. The van der Waals surface area contributed by atoms with Crippen LogP contribution < -0.4 is 11.3 Å². The number of hydrogen-bond donors (Lipinski definition) is 1. The summed E-state index contributed by atoms with van der Waals surface area (Å²) in [6.07, 6.45) is 2.59. The summed E-state index contributed by atoms with van der Waals surface area (Å²) in [5.74, 6) is 0.530. The lowest BCUT2D eigenvalue weighted by atomic mass is 10.0. The second-order valence-electron chi connectivity index (χ2n) is 6.24. The minimum atomic E-state index is -3.07. The molecule has 7 heteroatoms. The average molecular weight is 299 g/mol. The van der Waals surface area contributed by atoms with E-state index in [-0.39, 0.29) is 17.1 Å². The van der Waals surface area contributed by atoms with Crippen LogP contribution in [0, 0.1) is 0 Å². The molecule has 2 aliphatic rings. The Morgan fingerprint density at radius 2 is 2.05 bits per heavy atom. The van der Waals surface area contributed by atoms with Gasteiger partial charge in [0.1, 0.15) is 5.69 Å². The van der Waals surface area contributed by atoms with Crippen LogP contribution in [0.3, 0.4) is 0 Å². The van der Waals surface area contributed by atoms with Crippen molar-refractivity contribution in [3.8, 4) is 0 Å². The molecular weight excluding hydrogens is 278 g/mol. The Morgan fingerprint density at radius 1 is 1.40 bits per heavy atom. The van der Waals surface area contributed by atoms with E-state index in [1.165, 1.54) is 0 Å². The van der Waals surface area contributed by atoms with E-state index in [4.69, 9.17) is 5.73 Å². The van der Waals surface area contributed by atoms with Crippen molar-refractivity contribution in [2.75, 3.05) is 17.2 Å². The largest absolute Gasteiger partial charge is 0.393 e. The molecule has 0 amide bonds. The summed E-state index contributed by atoms with van der Waals surface area (Å²) >= 11 is 0. The van der Waals surface area contributed by atoms with Crippen molar-refractivity contribution in [2.45, 2.75) is 51.1 Å². The number of sulfone groups is 1. The van der Waals surface area contributed by atoms with Gasteiger partial charge in [0, 0.05) is 12.5 Å². The minimum absolute atomic E-state index is 0.0213. The zero-order chi connectivity index (χ0) is 14.7. The molecule has 0 aromatic carbocycles. The predicted octanol–water partition coefficient (Wildman–Crippen LogP) is 0.663. The molecule has 2 N–H and O–H groups in total. The molecule has 1 atom stereocenters. The number of nitrogens with zero attached hydrogens (tertiary/aromatic N) is 2. The smallest absolute Gasteiger partial charge is 0.290 e. The second kappa shape index (κ2) is 4.13. The molecule has 1 aliphatic carbocycles. The maximum Gasteiger partial charge on any atom is 0.290 e. The maximum absolute atomic E-state index is 12.5. The molecule has 0 spiro atoms. The van der Waals surface area contributed by atoms with Gasteiger partial charge in [-0.25, -0.2) is 13.1 Å². The SMILES string of the molecule is CCn1c(C2CC2)c(N)c(=O)n1C1(C)CCS(=O)(=O)C1. The summed E-state index contributed by atoms with van der Waals surface area (Å²) in [5, 5.41) is 0. The Hall–Kier alpha value is -1.24. The van der Waals surface area contributed by atoms with Gasteiger partial charge >= 0.3 is 0 Å². The highest BCUT2D eigenvalue weighted by molar-refractivity contribution is 7.91. The van der Waals surface area contributed by atoms with E-state index >= 15 is 0 Å². The van der Waals surface area contributed by atoms with Crippen molar-refractivity contribution in [2.24, 2.45) is 0 Å². The van der Waals surface area contributed by atoms with Crippen LogP contribution in [0.4, 0.5) is 5.69 Å². The van der Waals surface area contributed by atoms with Crippen LogP contribution in [0.2, 0.25) is 0 Å². The number of nitrogens with two attached hydrogens (primary N) is 1. The Kier molecular flexibility index (Phi) is 2.83. The highest BCUT2D eigenvalue weighted by Gasteiger charge is 2.44.